The van der Waals surface area contributed by atoms with Gasteiger partial charge in [0, 0.05) is 13.5 Å². The van der Waals surface area contributed by atoms with Crippen molar-refractivity contribution in [2.24, 2.45) is 5.73 Å². The van der Waals surface area contributed by atoms with E-state index < -0.39 is 0 Å². The molecule has 0 saturated carbocycles. The normalized spacial score (nSPS) is 8.67. The van der Waals surface area contributed by atoms with Gasteiger partial charge in [-0.05, 0) is 0 Å². The molecule has 0 bridgehead atoms. The van der Waals surface area contributed by atoms with E-state index in [4.69, 9.17) is 11.1 Å². The third-order valence-corrected chi connectivity index (χ3v) is 0.708. The van der Waals surface area contributed by atoms with Crippen molar-refractivity contribution in [1.82, 2.24) is 5.32 Å². The Kier molecular flexibility index (Phi) is 3.62. The number of carbonyl (C=O) groups excluding carboxylic acids is 1. The average molecular weight is 130 g/mol. The van der Waals surface area contributed by atoms with Crippen LogP contribution in [0, 0.1) is 0 Å². The third kappa shape index (κ3) is 4.96. The molecule has 1 amide bonds. The van der Waals surface area contributed by atoms with E-state index in [2.05, 4.69) is 5.32 Å². The fourth-order valence-electron chi connectivity index (χ4n) is 0.414. The highest BCUT2D eigenvalue weighted by atomic mass is 16.1. The van der Waals surface area contributed by atoms with Crippen molar-refractivity contribution in [2.75, 3.05) is 6.54 Å². The molecule has 0 atom stereocenters. The molecule has 0 aromatic carbocycles. The molecule has 52 valence electrons. The molecular weight excluding hydrogens is 118 g/mol. The zero-order valence-electron chi connectivity index (χ0n) is 5.48. The Bertz CT molecular complexity index is 121. The number of nitrogens with two attached hydrogens (primary N) is 2. The Balaban J connectivity index is 3.39. The summed E-state index contributed by atoms with van der Waals surface area (Å²) in [5.74, 6) is 0.283. The molecule has 0 fully saturated rings. The van der Waals surface area contributed by atoms with Gasteiger partial charge in [0.2, 0.25) is 5.84 Å². The lowest BCUT2D eigenvalue weighted by Crippen LogP contribution is -2.49. The second-order valence-electron chi connectivity index (χ2n) is 1.77. The van der Waals surface area contributed by atoms with E-state index in [9.17, 15) is 4.79 Å². The Morgan fingerprint density at radius 3 is 2.67 bits per heavy atom. The number of hydrogen-bond acceptors (Lipinski definition) is 2. The first-order valence-corrected chi connectivity index (χ1v) is 2.75. The average Bonchev–Trinajstić information content (AvgIpc) is 1.63. The monoisotopic (exact) mass is 130 g/mol. The molecule has 0 aromatic heterocycles. The molecule has 0 saturated heterocycles. The van der Waals surface area contributed by atoms with Gasteiger partial charge in [0.05, 0.1) is 6.42 Å². The molecule has 0 unspecified atom stereocenters. The number of nitrogens with one attached hydrogen (secondary N) is 1. The highest BCUT2D eigenvalue weighted by Gasteiger charge is 2.04. The van der Waals surface area contributed by atoms with Gasteiger partial charge in [-0.15, -0.1) is 0 Å². The summed E-state index contributed by atoms with van der Waals surface area (Å²) in [6.45, 7) is 1.98. The Labute approximate surface area is 53.9 Å². The van der Waals surface area contributed by atoms with Gasteiger partial charge in [-0.2, -0.15) is 0 Å². The van der Waals surface area contributed by atoms with Crippen LogP contribution in [0.3, 0.4) is 0 Å². The highest BCUT2D eigenvalue weighted by Crippen LogP contribution is 1.71. The first-order chi connectivity index (χ1) is 4.16. The summed E-state index contributed by atoms with van der Waals surface area (Å²) >= 11 is 0. The van der Waals surface area contributed by atoms with Crippen molar-refractivity contribution < 1.29 is 10.2 Å². The van der Waals surface area contributed by atoms with E-state index in [-0.39, 0.29) is 5.91 Å². The van der Waals surface area contributed by atoms with Gasteiger partial charge in [0.25, 0.3) is 0 Å². The molecule has 0 spiro atoms. The Morgan fingerprint density at radius 1 is 1.78 bits per heavy atom. The van der Waals surface area contributed by atoms with Crippen LogP contribution in [-0.4, -0.2) is 18.3 Å². The Morgan fingerprint density at radius 2 is 2.33 bits per heavy atom. The predicted octanol–water partition coefficient (Wildman–Crippen LogP) is -2.37. The summed E-state index contributed by atoms with van der Waals surface area (Å²) in [6.07, 6.45) is 0.328. The Hall–Kier alpha value is -0.900. The van der Waals surface area contributed by atoms with Gasteiger partial charge >= 0.3 is 5.91 Å². The fourth-order valence-corrected chi connectivity index (χ4v) is 0.414. The number of amides is 1. The maximum atomic E-state index is 10.6. The highest BCUT2D eigenvalue weighted by molar-refractivity contribution is 5.93. The molecule has 4 heteroatoms. The van der Waals surface area contributed by atoms with Crippen LogP contribution in [0.25, 0.3) is 0 Å². The lowest BCUT2D eigenvalue weighted by atomic mass is 10.4. The molecule has 0 aliphatic carbocycles. The zero-order chi connectivity index (χ0) is 7.28. The van der Waals surface area contributed by atoms with E-state index >= 15 is 0 Å². The van der Waals surface area contributed by atoms with Crippen LogP contribution in [-0.2, 0) is 4.79 Å². The summed E-state index contributed by atoms with van der Waals surface area (Å²) in [7, 11) is 0. The number of amidine groups is 1. The van der Waals surface area contributed by atoms with Crippen molar-refractivity contribution >= 4 is 11.7 Å². The van der Waals surface area contributed by atoms with Gasteiger partial charge < -0.3 is 5.73 Å². The van der Waals surface area contributed by atoms with E-state index in [1.807, 2.05) is 0 Å². The van der Waals surface area contributed by atoms with Crippen molar-refractivity contribution in [2.45, 2.75) is 13.3 Å². The lowest BCUT2D eigenvalue weighted by Gasteiger charge is -1.90. The van der Waals surface area contributed by atoms with E-state index in [1.54, 1.807) is 6.92 Å². The number of carbonyl (C=O) groups is 1. The van der Waals surface area contributed by atoms with Crippen molar-refractivity contribution in [3.63, 3.8) is 0 Å². The fraction of sp³-hybridized carbons (Fsp3) is 0.600. The molecule has 5 N–H and O–H groups in total. The molecule has 9 heavy (non-hydrogen) atoms. The predicted molar refractivity (Wildman–Crippen MR) is 34.4 cm³/mol. The topological polar surface area (TPSA) is 80.7 Å². The SMILES string of the molecule is CC(=[NH2+])NC(=O)CCN. The molecule has 0 radical (unpaired) electrons. The van der Waals surface area contributed by atoms with Crippen molar-refractivity contribution in [1.29, 1.82) is 0 Å². The van der Waals surface area contributed by atoms with Crippen LogP contribution >= 0.6 is 0 Å². The second-order valence-corrected chi connectivity index (χ2v) is 1.77. The first-order valence-electron chi connectivity index (χ1n) is 2.75. The van der Waals surface area contributed by atoms with E-state index in [1.165, 1.54) is 0 Å². The van der Waals surface area contributed by atoms with E-state index in [0.29, 0.717) is 18.8 Å². The summed E-state index contributed by atoms with van der Waals surface area (Å²) < 4.78 is 0. The largest absolute Gasteiger partial charge is 0.330 e. The maximum absolute atomic E-state index is 10.6. The minimum absolute atomic E-state index is 0.127. The summed E-state index contributed by atoms with van der Waals surface area (Å²) in [5, 5.41) is 7.59. The molecule has 4 nitrogen and oxygen atoms in total. The zero-order valence-corrected chi connectivity index (χ0v) is 5.48. The molecule has 0 rings (SSSR count). The summed E-state index contributed by atoms with van der Waals surface area (Å²) in [4.78, 5) is 10.6. The van der Waals surface area contributed by atoms with Crippen molar-refractivity contribution in [3.8, 4) is 0 Å². The van der Waals surface area contributed by atoms with Crippen LogP contribution in [0.4, 0.5) is 0 Å². The van der Waals surface area contributed by atoms with Gasteiger partial charge in [-0.25, -0.2) is 10.1 Å². The first kappa shape index (κ1) is 8.10. The van der Waals surface area contributed by atoms with Gasteiger partial charge in [-0.1, -0.05) is 0 Å². The minimum Gasteiger partial charge on any atom is -0.330 e. The molecule has 0 aliphatic heterocycles. The van der Waals surface area contributed by atoms with Crippen LogP contribution in [0.5, 0.6) is 0 Å². The quantitative estimate of drug-likeness (QED) is 0.288. The second kappa shape index (κ2) is 4.03. The van der Waals surface area contributed by atoms with Crippen LogP contribution < -0.4 is 16.5 Å². The number of hydrogen-bond donors (Lipinski definition) is 3. The van der Waals surface area contributed by atoms with Crippen molar-refractivity contribution in [3.05, 3.63) is 0 Å². The van der Waals surface area contributed by atoms with Gasteiger partial charge in [0.1, 0.15) is 0 Å². The van der Waals surface area contributed by atoms with Crippen LogP contribution in [0.2, 0.25) is 0 Å². The molecular formula is C5H12N3O+. The van der Waals surface area contributed by atoms with Crippen LogP contribution in [0.1, 0.15) is 13.3 Å². The molecule has 0 aliphatic rings. The lowest BCUT2D eigenvalue weighted by molar-refractivity contribution is -0.129. The van der Waals surface area contributed by atoms with Gasteiger partial charge in [-0.3, -0.25) is 5.41 Å². The van der Waals surface area contributed by atoms with E-state index in [0.717, 1.165) is 0 Å². The van der Waals surface area contributed by atoms with Crippen LogP contribution in [0.15, 0.2) is 0 Å². The standard InChI is InChI=1S/C5H11N3O/c1-4(7)8-5(9)2-3-6/h2-3,6H2,1H3,(H2,7,8,9)/p+1. The van der Waals surface area contributed by atoms with Gasteiger partial charge in [0.15, 0.2) is 0 Å². The summed E-state index contributed by atoms with van der Waals surface area (Å²) in [6, 6.07) is 0. The number of rotatable bonds is 2. The summed E-state index contributed by atoms with van der Waals surface area (Å²) in [5.41, 5.74) is 5.09. The molecule has 0 heterocycles. The smallest absolute Gasteiger partial charge is 0.308 e. The third-order valence-electron chi connectivity index (χ3n) is 0.708. The molecule has 0 aromatic rings. The maximum Gasteiger partial charge on any atom is 0.308 e. The minimum atomic E-state index is -0.127.